The highest BCUT2D eigenvalue weighted by Crippen LogP contribution is 2.11. The van der Waals surface area contributed by atoms with Crippen molar-refractivity contribution in [3.63, 3.8) is 0 Å². The Morgan fingerprint density at radius 3 is 2.75 bits per heavy atom. The second-order valence-corrected chi connectivity index (χ2v) is 5.41. The lowest BCUT2D eigenvalue weighted by molar-refractivity contribution is -0.123. The van der Waals surface area contributed by atoms with Gasteiger partial charge in [-0.2, -0.15) is 0 Å². The predicted octanol–water partition coefficient (Wildman–Crippen LogP) is 2.71. The third kappa shape index (κ3) is 4.35. The number of hydrogen-bond acceptors (Lipinski definition) is 4. The summed E-state index contributed by atoms with van der Waals surface area (Å²) in [5.41, 5.74) is 2.06. The first-order chi connectivity index (χ1) is 9.67. The van der Waals surface area contributed by atoms with Gasteiger partial charge in [0.15, 0.2) is 6.61 Å². The van der Waals surface area contributed by atoms with Crippen molar-refractivity contribution in [3.05, 3.63) is 45.9 Å². The summed E-state index contributed by atoms with van der Waals surface area (Å²) in [6.07, 6.45) is 0.926. The minimum absolute atomic E-state index is 0.0217. The highest BCUT2D eigenvalue weighted by molar-refractivity contribution is 7.09. The number of thiazole rings is 1. The molecule has 0 spiro atoms. The van der Waals surface area contributed by atoms with Gasteiger partial charge in [0.2, 0.25) is 0 Å². The number of carbonyl (C=O) groups excluding carboxylic acids is 1. The van der Waals surface area contributed by atoms with Crippen LogP contribution in [-0.2, 0) is 17.8 Å². The van der Waals surface area contributed by atoms with E-state index < -0.39 is 0 Å². The molecule has 0 atom stereocenters. The topological polar surface area (TPSA) is 51.2 Å². The summed E-state index contributed by atoms with van der Waals surface area (Å²) in [5.74, 6) is 0.560. The summed E-state index contributed by atoms with van der Waals surface area (Å²) >= 11 is 1.62. The van der Waals surface area contributed by atoms with Gasteiger partial charge in [-0.3, -0.25) is 4.79 Å². The first kappa shape index (κ1) is 14.5. The van der Waals surface area contributed by atoms with Crippen LogP contribution in [-0.4, -0.2) is 17.5 Å². The fourth-order valence-corrected chi connectivity index (χ4v) is 2.36. The van der Waals surface area contributed by atoms with E-state index in [1.807, 2.05) is 36.6 Å². The van der Waals surface area contributed by atoms with E-state index in [4.69, 9.17) is 4.74 Å². The molecule has 1 amide bonds. The average Bonchev–Trinajstić information content (AvgIpc) is 2.92. The van der Waals surface area contributed by atoms with Crippen molar-refractivity contribution >= 4 is 17.2 Å². The Hall–Kier alpha value is -1.88. The molecule has 0 aliphatic rings. The molecule has 2 aromatic rings. The zero-order valence-electron chi connectivity index (χ0n) is 11.7. The van der Waals surface area contributed by atoms with Crippen LogP contribution in [0.15, 0.2) is 29.6 Å². The molecule has 106 valence electrons. The van der Waals surface area contributed by atoms with Crippen LogP contribution in [0, 0.1) is 6.92 Å². The molecule has 4 nitrogen and oxygen atoms in total. The minimum atomic E-state index is -0.142. The molecule has 20 heavy (non-hydrogen) atoms. The molecule has 1 aromatic heterocycles. The highest BCUT2D eigenvalue weighted by Gasteiger charge is 2.05. The molecule has 0 aliphatic carbocycles. The van der Waals surface area contributed by atoms with Gasteiger partial charge in [-0.1, -0.05) is 24.6 Å². The summed E-state index contributed by atoms with van der Waals surface area (Å²) in [6.45, 7) is 4.55. The van der Waals surface area contributed by atoms with Crippen LogP contribution >= 0.6 is 11.3 Å². The van der Waals surface area contributed by atoms with E-state index in [9.17, 15) is 4.79 Å². The SMILES string of the molecule is CCc1nc(CNC(=O)COc2ccc(C)cc2)cs1. The molecule has 1 N–H and O–H groups in total. The van der Waals surface area contributed by atoms with E-state index in [1.165, 1.54) is 0 Å². The maximum Gasteiger partial charge on any atom is 0.258 e. The molecule has 1 heterocycles. The van der Waals surface area contributed by atoms with Crippen molar-refractivity contribution < 1.29 is 9.53 Å². The zero-order chi connectivity index (χ0) is 14.4. The van der Waals surface area contributed by atoms with E-state index in [0.717, 1.165) is 22.7 Å². The fourth-order valence-electron chi connectivity index (χ4n) is 1.62. The van der Waals surface area contributed by atoms with Gasteiger partial charge in [-0.15, -0.1) is 11.3 Å². The second kappa shape index (κ2) is 7.05. The molecule has 2 rings (SSSR count). The Labute approximate surface area is 122 Å². The number of amides is 1. The van der Waals surface area contributed by atoms with Gasteiger partial charge in [0.1, 0.15) is 5.75 Å². The smallest absolute Gasteiger partial charge is 0.258 e. The first-order valence-electron chi connectivity index (χ1n) is 6.57. The highest BCUT2D eigenvalue weighted by atomic mass is 32.1. The maximum atomic E-state index is 11.7. The molecule has 0 aliphatic heterocycles. The van der Waals surface area contributed by atoms with E-state index >= 15 is 0 Å². The lowest BCUT2D eigenvalue weighted by Gasteiger charge is -2.06. The Bertz CT molecular complexity index is 564. The van der Waals surface area contributed by atoms with Crippen LogP contribution in [0.25, 0.3) is 0 Å². The van der Waals surface area contributed by atoms with Crippen molar-refractivity contribution in [2.24, 2.45) is 0 Å². The number of carbonyl (C=O) groups is 1. The third-order valence-corrected chi connectivity index (χ3v) is 3.80. The Balaban J connectivity index is 1.74. The molecule has 5 heteroatoms. The van der Waals surface area contributed by atoms with Crippen molar-refractivity contribution in [3.8, 4) is 5.75 Å². The van der Waals surface area contributed by atoms with Crippen molar-refractivity contribution in [1.82, 2.24) is 10.3 Å². The third-order valence-electron chi connectivity index (χ3n) is 2.76. The summed E-state index contributed by atoms with van der Waals surface area (Å²) < 4.78 is 5.41. The van der Waals surface area contributed by atoms with Crippen LogP contribution in [0.3, 0.4) is 0 Å². The molecule has 0 saturated carbocycles. The Kier molecular flexibility index (Phi) is 5.12. The zero-order valence-corrected chi connectivity index (χ0v) is 12.5. The van der Waals surface area contributed by atoms with Gasteiger partial charge in [-0.25, -0.2) is 4.98 Å². The van der Waals surface area contributed by atoms with Gasteiger partial charge in [0, 0.05) is 5.38 Å². The normalized spacial score (nSPS) is 10.3. The van der Waals surface area contributed by atoms with Gasteiger partial charge in [0.25, 0.3) is 5.91 Å². The van der Waals surface area contributed by atoms with Crippen molar-refractivity contribution in [1.29, 1.82) is 0 Å². The van der Waals surface area contributed by atoms with Crippen molar-refractivity contribution in [2.75, 3.05) is 6.61 Å². The summed E-state index contributed by atoms with van der Waals surface area (Å²) in [6, 6.07) is 7.62. The molecule has 0 radical (unpaired) electrons. The number of aromatic nitrogens is 1. The lowest BCUT2D eigenvalue weighted by Crippen LogP contribution is -2.28. The number of ether oxygens (including phenoxy) is 1. The first-order valence-corrected chi connectivity index (χ1v) is 7.44. The van der Waals surface area contributed by atoms with Gasteiger partial charge >= 0.3 is 0 Å². The van der Waals surface area contributed by atoms with Crippen LogP contribution in [0.2, 0.25) is 0 Å². The molecule has 1 aromatic carbocycles. The molecule has 0 saturated heterocycles. The van der Waals surface area contributed by atoms with Gasteiger partial charge in [0.05, 0.1) is 17.2 Å². The van der Waals surface area contributed by atoms with Crippen LogP contribution in [0.5, 0.6) is 5.75 Å². The number of aryl methyl sites for hydroxylation is 2. The van der Waals surface area contributed by atoms with Gasteiger partial charge in [-0.05, 0) is 25.5 Å². The van der Waals surface area contributed by atoms with E-state index in [0.29, 0.717) is 12.3 Å². The summed E-state index contributed by atoms with van der Waals surface area (Å²) in [5, 5.41) is 5.86. The van der Waals surface area contributed by atoms with Crippen molar-refractivity contribution in [2.45, 2.75) is 26.8 Å². The van der Waals surface area contributed by atoms with E-state index in [1.54, 1.807) is 11.3 Å². The molecular weight excluding hydrogens is 272 g/mol. The largest absolute Gasteiger partial charge is 0.484 e. The van der Waals surface area contributed by atoms with E-state index in [-0.39, 0.29) is 12.5 Å². The second-order valence-electron chi connectivity index (χ2n) is 4.46. The molecule has 0 fully saturated rings. The number of hydrogen-bond donors (Lipinski definition) is 1. The number of nitrogens with zero attached hydrogens (tertiary/aromatic N) is 1. The lowest BCUT2D eigenvalue weighted by atomic mass is 10.2. The quantitative estimate of drug-likeness (QED) is 0.890. The number of rotatable bonds is 6. The van der Waals surface area contributed by atoms with E-state index in [2.05, 4.69) is 17.2 Å². The van der Waals surface area contributed by atoms with Crippen LogP contribution in [0.1, 0.15) is 23.2 Å². The fraction of sp³-hybridized carbons (Fsp3) is 0.333. The standard InChI is InChI=1S/C15H18N2O2S/c1-3-15-17-12(10-20-15)8-16-14(18)9-19-13-6-4-11(2)5-7-13/h4-7,10H,3,8-9H2,1-2H3,(H,16,18). The Morgan fingerprint density at radius 1 is 1.35 bits per heavy atom. The van der Waals surface area contributed by atoms with Crippen LogP contribution in [0.4, 0.5) is 0 Å². The Morgan fingerprint density at radius 2 is 2.10 bits per heavy atom. The minimum Gasteiger partial charge on any atom is -0.484 e. The van der Waals surface area contributed by atoms with Gasteiger partial charge < -0.3 is 10.1 Å². The molecular formula is C15H18N2O2S. The molecule has 0 bridgehead atoms. The number of nitrogens with one attached hydrogen (secondary N) is 1. The summed E-state index contributed by atoms with van der Waals surface area (Å²) in [4.78, 5) is 16.1. The predicted molar refractivity (Wildman–Crippen MR) is 80.0 cm³/mol. The maximum absolute atomic E-state index is 11.7. The average molecular weight is 290 g/mol. The van der Waals surface area contributed by atoms with Crippen LogP contribution < -0.4 is 10.1 Å². The summed E-state index contributed by atoms with van der Waals surface area (Å²) in [7, 11) is 0. The monoisotopic (exact) mass is 290 g/mol. The number of benzene rings is 1. The molecule has 0 unspecified atom stereocenters.